The van der Waals surface area contributed by atoms with Crippen LogP contribution in [0.3, 0.4) is 0 Å². The SMILES string of the molecule is C=CCN(C1CC1)S(=O)(=O)c1cn[nH]c1C. The minimum atomic E-state index is -3.42. The summed E-state index contributed by atoms with van der Waals surface area (Å²) in [6.45, 7) is 5.66. The number of H-pyrrole nitrogens is 1. The van der Waals surface area contributed by atoms with Crippen LogP contribution in [-0.4, -0.2) is 35.5 Å². The molecular weight excluding hydrogens is 226 g/mol. The Morgan fingerprint density at radius 3 is 2.81 bits per heavy atom. The van der Waals surface area contributed by atoms with Crippen molar-refractivity contribution in [2.45, 2.75) is 30.7 Å². The lowest BCUT2D eigenvalue weighted by atomic mass is 10.5. The second kappa shape index (κ2) is 4.03. The van der Waals surface area contributed by atoms with Gasteiger partial charge < -0.3 is 0 Å². The zero-order valence-electron chi connectivity index (χ0n) is 9.18. The average molecular weight is 241 g/mol. The highest BCUT2D eigenvalue weighted by atomic mass is 32.2. The van der Waals surface area contributed by atoms with Crippen LogP contribution in [-0.2, 0) is 10.0 Å². The summed E-state index contributed by atoms with van der Waals surface area (Å²) in [5.41, 5.74) is 0.578. The van der Waals surface area contributed by atoms with E-state index in [1.165, 1.54) is 10.5 Å². The van der Waals surface area contributed by atoms with Crippen LogP contribution in [0.4, 0.5) is 0 Å². The minimum Gasteiger partial charge on any atom is -0.281 e. The lowest BCUT2D eigenvalue weighted by molar-refractivity contribution is 0.435. The van der Waals surface area contributed by atoms with Crippen LogP contribution in [0.5, 0.6) is 0 Å². The zero-order valence-corrected chi connectivity index (χ0v) is 10.00. The Kier molecular flexibility index (Phi) is 2.86. The van der Waals surface area contributed by atoms with Gasteiger partial charge in [-0.05, 0) is 19.8 Å². The van der Waals surface area contributed by atoms with E-state index in [0.29, 0.717) is 12.2 Å². The lowest BCUT2D eigenvalue weighted by Gasteiger charge is -2.19. The summed E-state index contributed by atoms with van der Waals surface area (Å²) in [4.78, 5) is 0.265. The van der Waals surface area contributed by atoms with Crippen molar-refractivity contribution in [1.29, 1.82) is 0 Å². The van der Waals surface area contributed by atoms with Crippen LogP contribution in [0.15, 0.2) is 23.7 Å². The van der Waals surface area contributed by atoms with Gasteiger partial charge in [0.15, 0.2) is 0 Å². The van der Waals surface area contributed by atoms with Gasteiger partial charge >= 0.3 is 0 Å². The zero-order chi connectivity index (χ0) is 11.8. The van der Waals surface area contributed by atoms with Crippen molar-refractivity contribution in [2.75, 3.05) is 6.54 Å². The highest BCUT2D eigenvalue weighted by Crippen LogP contribution is 2.32. The Hall–Kier alpha value is -1.14. The summed E-state index contributed by atoms with van der Waals surface area (Å²) in [5, 5.41) is 6.40. The van der Waals surface area contributed by atoms with E-state index in [-0.39, 0.29) is 10.9 Å². The molecule has 1 heterocycles. The Bertz CT molecular complexity index is 488. The Morgan fingerprint density at radius 2 is 2.38 bits per heavy atom. The maximum Gasteiger partial charge on any atom is 0.246 e. The van der Waals surface area contributed by atoms with Gasteiger partial charge in [0, 0.05) is 12.6 Å². The number of hydrogen-bond donors (Lipinski definition) is 1. The van der Waals surface area contributed by atoms with Gasteiger partial charge in [0.1, 0.15) is 4.90 Å². The molecule has 1 N–H and O–H groups in total. The first-order valence-corrected chi connectivity index (χ1v) is 6.64. The summed E-state index contributed by atoms with van der Waals surface area (Å²) in [7, 11) is -3.42. The fourth-order valence-electron chi connectivity index (χ4n) is 1.66. The van der Waals surface area contributed by atoms with Gasteiger partial charge in [-0.15, -0.1) is 6.58 Å². The molecule has 0 radical (unpaired) electrons. The van der Waals surface area contributed by atoms with E-state index >= 15 is 0 Å². The summed E-state index contributed by atoms with van der Waals surface area (Å²) in [6, 6.07) is 0.136. The molecule has 1 aromatic rings. The third kappa shape index (κ3) is 1.90. The van der Waals surface area contributed by atoms with E-state index in [9.17, 15) is 8.42 Å². The molecule has 0 unspecified atom stereocenters. The summed E-state index contributed by atoms with van der Waals surface area (Å²) in [6.07, 6.45) is 4.85. The van der Waals surface area contributed by atoms with Gasteiger partial charge in [-0.1, -0.05) is 6.08 Å². The summed E-state index contributed by atoms with van der Waals surface area (Å²) in [5.74, 6) is 0. The third-order valence-electron chi connectivity index (χ3n) is 2.63. The molecule has 1 saturated carbocycles. The van der Waals surface area contributed by atoms with E-state index in [1.54, 1.807) is 13.0 Å². The number of rotatable bonds is 5. The monoisotopic (exact) mass is 241 g/mol. The molecule has 0 bridgehead atoms. The fraction of sp³-hybridized carbons (Fsp3) is 0.500. The highest BCUT2D eigenvalue weighted by Gasteiger charge is 2.38. The number of hydrogen-bond acceptors (Lipinski definition) is 3. The molecule has 6 heteroatoms. The maximum atomic E-state index is 12.3. The molecule has 5 nitrogen and oxygen atoms in total. The second-order valence-electron chi connectivity index (χ2n) is 3.95. The smallest absolute Gasteiger partial charge is 0.246 e. The largest absolute Gasteiger partial charge is 0.281 e. The molecule has 0 aliphatic heterocycles. The second-order valence-corrected chi connectivity index (χ2v) is 5.81. The topological polar surface area (TPSA) is 66.1 Å². The van der Waals surface area contributed by atoms with Crippen molar-refractivity contribution in [2.24, 2.45) is 0 Å². The Morgan fingerprint density at radius 1 is 1.69 bits per heavy atom. The highest BCUT2D eigenvalue weighted by molar-refractivity contribution is 7.89. The van der Waals surface area contributed by atoms with Crippen molar-refractivity contribution in [1.82, 2.24) is 14.5 Å². The first kappa shape index (κ1) is 11.3. The first-order chi connectivity index (χ1) is 7.57. The van der Waals surface area contributed by atoms with Gasteiger partial charge in [-0.3, -0.25) is 5.10 Å². The van der Waals surface area contributed by atoms with Gasteiger partial charge in [-0.2, -0.15) is 9.40 Å². The third-order valence-corrected chi connectivity index (χ3v) is 4.67. The van der Waals surface area contributed by atoms with Crippen LogP contribution in [0.25, 0.3) is 0 Å². The molecule has 1 aliphatic carbocycles. The fourth-order valence-corrected chi connectivity index (χ4v) is 3.44. The van der Waals surface area contributed by atoms with E-state index < -0.39 is 10.0 Å². The van der Waals surface area contributed by atoms with Crippen molar-refractivity contribution in [3.05, 3.63) is 24.5 Å². The van der Waals surface area contributed by atoms with E-state index in [1.807, 2.05) is 0 Å². The van der Waals surface area contributed by atoms with Crippen LogP contribution in [0.1, 0.15) is 18.5 Å². The molecule has 16 heavy (non-hydrogen) atoms. The molecule has 0 saturated heterocycles. The van der Waals surface area contributed by atoms with Crippen LogP contribution >= 0.6 is 0 Å². The Labute approximate surface area is 95.2 Å². The predicted molar refractivity (Wildman–Crippen MR) is 60.4 cm³/mol. The van der Waals surface area contributed by atoms with Gasteiger partial charge in [-0.25, -0.2) is 8.42 Å². The van der Waals surface area contributed by atoms with E-state index in [4.69, 9.17) is 0 Å². The number of nitrogens with zero attached hydrogens (tertiary/aromatic N) is 2. The van der Waals surface area contributed by atoms with Crippen molar-refractivity contribution in [3.8, 4) is 0 Å². The normalized spacial score (nSPS) is 16.6. The van der Waals surface area contributed by atoms with Gasteiger partial charge in [0.2, 0.25) is 10.0 Å². The number of aryl methyl sites for hydroxylation is 1. The molecule has 0 amide bonds. The van der Waals surface area contributed by atoms with Crippen molar-refractivity contribution >= 4 is 10.0 Å². The number of aromatic nitrogens is 2. The lowest BCUT2D eigenvalue weighted by Crippen LogP contribution is -2.33. The Balaban J connectivity index is 2.36. The van der Waals surface area contributed by atoms with Crippen molar-refractivity contribution in [3.63, 3.8) is 0 Å². The van der Waals surface area contributed by atoms with Gasteiger partial charge in [0.25, 0.3) is 0 Å². The van der Waals surface area contributed by atoms with E-state index in [0.717, 1.165) is 12.8 Å². The van der Waals surface area contributed by atoms with Gasteiger partial charge in [0.05, 0.1) is 11.9 Å². The summed E-state index contributed by atoms with van der Waals surface area (Å²) < 4.78 is 26.1. The molecular formula is C10H15N3O2S. The number of sulfonamides is 1. The minimum absolute atomic E-state index is 0.136. The number of aromatic amines is 1. The summed E-state index contributed by atoms with van der Waals surface area (Å²) >= 11 is 0. The first-order valence-electron chi connectivity index (χ1n) is 5.20. The standard InChI is InChI=1S/C10H15N3O2S/c1-3-6-13(9-4-5-9)16(14,15)10-7-11-12-8(10)2/h3,7,9H,1,4-6H2,2H3,(H,11,12). The van der Waals surface area contributed by atoms with E-state index in [2.05, 4.69) is 16.8 Å². The molecule has 1 aromatic heterocycles. The number of nitrogens with one attached hydrogen (secondary N) is 1. The predicted octanol–water partition coefficient (Wildman–Crippen LogP) is 1.06. The van der Waals surface area contributed by atoms with Crippen LogP contribution < -0.4 is 0 Å². The molecule has 0 atom stereocenters. The molecule has 2 rings (SSSR count). The van der Waals surface area contributed by atoms with Crippen molar-refractivity contribution < 1.29 is 8.42 Å². The van der Waals surface area contributed by atoms with Crippen LogP contribution in [0, 0.1) is 6.92 Å². The molecule has 1 aliphatic rings. The average Bonchev–Trinajstić information content (AvgIpc) is 2.96. The van der Waals surface area contributed by atoms with Crippen LogP contribution in [0.2, 0.25) is 0 Å². The molecule has 1 fully saturated rings. The maximum absolute atomic E-state index is 12.3. The molecule has 0 spiro atoms. The molecule has 0 aromatic carbocycles. The molecule has 88 valence electrons. The quantitative estimate of drug-likeness (QED) is 0.784.